The highest BCUT2D eigenvalue weighted by Gasteiger charge is 2.08. The summed E-state index contributed by atoms with van der Waals surface area (Å²) in [7, 11) is 1.37. The molecule has 3 aromatic rings. The number of carbonyl (C=O) groups excluding carboxylic acids is 1. The number of benzene rings is 1. The molecule has 0 unspecified atom stereocenters. The van der Waals surface area contributed by atoms with E-state index in [1.165, 1.54) is 12.7 Å². The number of imidazole rings is 1. The van der Waals surface area contributed by atoms with E-state index in [4.69, 9.17) is 4.74 Å². The van der Waals surface area contributed by atoms with Gasteiger partial charge in [0, 0.05) is 18.8 Å². The molecule has 0 aliphatic heterocycles. The molecule has 100 valence electrons. The minimum absolute atomic E-state index is 0.347. The minimum Gasteiger partial charge on any atom is -0.465 e. The molecule has 0 fully saturated rings. The molecule has 0 saturated heterocycles. The van der Waals surface area contributed by atoms with Gasteiger partial charge in [0.05, 0.1) is 18.4 Å². The molecule has 0 atom stereocenters. The average Bonchev–Trinajstić information content (AvgIpc) is 2.88. The van der Waals surface area contributed by atoms with Crippen molar-refractivity contribution in [1.82, 2.24) is 9.38 Å². The van der Waals surface area contributed by atoms with Crippen molar-refractivity contribution in [2.45, 2.75) is 6.42 Å². The third-order valence-electron chi connectivity index (χ3n) is 3.16. The normalized spacial score (nSPS) is 10.7. The molecule has 0 spiro atoms. The second-order valence-corrected chi connectivity index (χ2v) is 4.57. The fourth-order valence-corrected chi connectivity index (χ4v) is 2.17. The van der Waals surface area contributed by atoms with Gasteiger partial charge in [0.15, 0.2) is 0 Å². The third kappa shape index (κ3) is 2.40. The van der Waals surface area contributed by atoms with E-state index in [9.17, 15) is 4.79 Å². The van der Waals surface area contributed by atoms with E-state index in [2.05, 4.69) is 17.1 Å². The maximum Gasteiger partial charge on any atom is 0.338 e. The SMILES string of the molecule is COC(=O)c1ccn2cc(Cc3ccccc3)nc2c1. The van der Waals surface area contributed by atoms with Gasteiger partial charge in [0.25, 0.3) is 0 Å². The lowest BCUT2D eigenvalue weighted by atomic mass is 10.1. The number of hydrogen-bond donors (Lipinski definition) is 0. The Morgan fingerprint density at radius 1 is 1.25 bits per heavy atom. The summed E-state index contributed by atoms with van der Waals surface area (Å²) in [5.41, 5.74) is 3.44. The van der Waals surface area contributed by atoms with Gasteiger partial charge in [-0.2, -0.15) is 0 Å². The first-order valence-corrected chi connectivity index (χ1v) is 6.36. The first-order chi connectivity index (χ1) is 9.76. The van der Waals surface area contributed by atoms with Crippen LogP contribution >= 0.6 is 0 Å². The first-order valence-electron chi connectivity index (χ1n) is 6.36. The monoisotopic (exact) mass is 266 g/mol. The van der Waals surface area contributed by atoms with E-state index >= 15 is 0 Å². The number of aromatic nitrogens is 2. The van der Waals surface area contributed by atoms with Crippen LogP contribution in [0.15, 0.2) is 54.9 Å². The molecule has 2 aromatic heterocycles. The van der Waals surface area contributed by atoms with Crippen molar-refractivity contribution in [2.75, 3.05) is 7.11 Å². The standard InChI is InChI=1S/C16H14N2O2/c1-20-16(19)13-7-8-18-11-14(17-15(18)10-13)9-12-5-3-2-4-6-12/h2-8,10-11H,9H2,1H3. The number of pyridine rings is 1. The summed E-state index contributed by atoms with van der Waals surface area (Å²) in [5.74, 6) is -0.347. The van der Waals surface area contributed by atoms with Crippen molar-refractivity contribution < 1.29 is 9.53 Å². The summed E-state index contributed by atoms with van der Waals surface area (Å²) in [6, 6.07) is 13.6. The highest BCUT2D eigenvalue weighted by Crippen LogP contribution is 2.12. The summed E-state index contributed by atoms with van der Waals surface area (Å²) in [6.45, 7) is 0. The second-order valence-electron chi connectivity index (χ2n) is 4.57. The minimum atomic E-state index is -0.347. The van der Waals surface area contributed by atoms with Crippen LogP contribution in [0.25, 0.3) is 5.65 Å². The van der Waals surface area contributed by atoms with Gasteiger partial charge in [-0.1, -0.05) is 30.3 Å². The van der Waals surface area contributed by atoms with Gasteiger partial charge in [-0.3, -0.25) is 0 Å². The number of rotatable bonds is 3. The summed E-state index contributed by atoms with van der Waals surface area (Å²) in [5, 5.41) is 0. The molecule has 0 amide bonds. The van der Waals surface area contributed by atoms with Gasteiger partial charge in [-0.15, -0.1) is 0 Å². The molecule has 0 saturated carbocycles. The Labute approximate surface area is 116 Å². The molecule has 0 bridgehead atoms. The number of esters is 1. The van der Waals surface area contributed by atoms with Crippen LogP contribution in [0.3, 0.4) is 0 Å². The van der Waals surface area contributed by atoms with Crippen LogP contribution in [0.2, 0.25) is 0 Å². The number of methoxy groups -OCH3 is 1. The number of hydrogen-bond acceptors (Lipinski definition) is 3. The Bertz CT molecular complexity index is 748. The largest absolute Gasteiger partial charge is 0.465 e. The molecule has 4 heteroatoms. The summed E-state index contributed by atoms with van der Waals surface area (Å²) < 4.78 is 6.62. The molecule has 3 rings (SSSR count). The second kappa shape index (κ2) is 5.17. The first kappa shape index (κ1) is 12.4. The zero-order valence-corrected chi connectivity index (χ0v) is 11.1. The molecular formula is C16H14N2O2. The van der Waals surface area contributed by atoms with E-state index in [0.29, 0.717) is 5.56 Å². The smallest absolute Gasteiger partial charge is 0.338 e. The zero-order valence-electron chi connectivity index (χ0n) is 11.1. The molecule has 0 aliphatic rings. The van der Waals surface area contributed by atoms with Crippen LogP contribution in [-0.2, 0) is 11.2 Å². The molecule has 0 aliphatic carbocycles. The lowest BCUT2D eigenvalue weighted by Crippen LogP contribution is -2.01. The van der Waals surface area contributed by atoms with Crippen LogP contribution in [0.4, 0.5) is 0 Å². The highest BCUT2D eigenvalue weighted by atomic mass is 16.5. The van der Waals surface area contributed by atoms with Crippen molar-refractivity contribution in [3.05, 3.63) is 71.7 Å². The van der Waals surface area contributed by atoms with Crippen molar-refractivity contribution in [2.24, 2.45) is 0 Å². The van der Waals surface area contributed by atoms with Crippen molar-refractivity contribution in [3.63, 3.8) is 0 Å². The summed E-state index contributed by atoms with van der Waals surface area (Å²) in [4.78, 5) is 16.0. The van der Waals surface area contributed by atoms with Gasteiger partial charge >= 0.3 is 5.97 Å². The predicted molar refractivity (Wildman–Crippen MR) is 75.8 cm³/mol. The Morgan fingerprint density at radius 3 is 2.80 bits per heavy atom. The fourth-order valence-electron chi connectivity index (χ4n) is 2.17. The molecular weight excluding hydrogens is 252 g/mol. The quantitative estimate of drug-likeness (QED) is 0.685. The molecule has 2 heterocycles. The van der Waals surface area contributed by atoms with Crippen molar-refractivity contribution >= 4 is 11.6 Å². The van der Waals surface area contributed by atoms with Gasteiger partial charge in [-0.05, 0) is 17.7 Å². The van der Waals surface area contributed by atoms with E-state index in [1.807, 2.05) is 35.0 Å². The van der Waals surface area contributed by atoms with Crippen molar-refractivity contribution in [3.8, 4) is 0 Å². The lowest BCUT2D eigenvalue weighted by Gasteiger charge is -1.98. The maximum absolute atomic E-state index is 11.5. The summed E-state index contributed by atoms with van der Waals surface area (Å²) >= 11 is 0. The van der Waals surface area contributed by atoms with Gasteiger partial charge in [0.1, 0.15) is 5.65 Å². The Balaban J connectivity index is 1.92. The summed E-state index contributed by atoms with van der Waals surface area (Å²) in [6.07, 6.45) is 4.57. The molecule has 1 aromatic carbocycles. The number of nitrogens with zero attached hydrogens (tertiary/aromatic N) is 2. The van der Waals surface area contributed by atoms with Gasteiger partial charge in [-0.25, -0.2) is 9.78 Å². The predicted octanol–water partition coefficient (Wildman–Crippen LogP) is 2.71. The van der Waals surface area contributed by atoms with E-state index in [0.717, 1.165) is 17.8 Å². The third-order valence-corrected chi connectivity index (χ3v) is 3.16. The highest BCUT2D eigenvalue weighted by molar-refractivity contribution is 5.90. The van der Waals surface area contributed by atoms with Gasteiger partial charge in [0.2, 0.25) is 0 Å². The van der Waals surface area contributed by atoms with Crippen LogP contribution in [0.5, 0.6) is 0 Å². The Hall–Kier alpha value is -2.62. The van der Waals surface area contributed by atoms with Crippen LogP contribution in [-0.4, -0.2) is 22.5 Å². The molecule has 0 N–H and O–H groups in total. The zero-order chi connectivity index (χ0) is 13.9. The number of carbonyl (C=O) groups is 1. The van der Waals surface area contributed by atoms with Crippen LogP contribution < -0.4 is 0 Å². The fraction of sp³-hybridized carbons (Fsp3) is 0.125. The topological polar surface area (TPSA) is 43.6 Å². The Morgan fingerprint density at radius 2 is 2.05 bits per heavy atom. The van der Waals surface area contributed by atoms with Crippen LogP contribution in [0.1, 0.15) is 21.6 Å². The molecule has 20 heavy (non-hydrogen) atoms. The number of fused-ring (bicyclic) bond motifs is 1. The van der Waals surface area contributed by atoms with E-state index < -0.39 is 0 Å². The lowest BCUT2D eigenvalue weighted by molar-refractivity contribution is 0.0600. The van der Waals surface area contributed by atoms with Crippen LogP contribution in [0, 0.1) is 0 Å². The molecule has 4 nitrogen and oxygen atoms in total. The van der Waals surface area contributed by atoms with Crippen molar-refractivity contribution in [1.29, 1.82) is 0 Å². The average molecular weight is 266 g/mol. The van der Waals surface area contributed by atoms with Gasteiger partial charge < -0.3 is 9.14 Å². The molecule has 0 radical (unpaired) electrons. The number of ether oxygens (including phenoxy) is 1. The Kier molecular flexibility index (Phi) is 3.21. The maximum atomic E-state index is 11.5. The van der Waals surface area contributed by atoms with E-state index in [-0.39, 0.29) is 5.97 Å². The van der Waals surface area contributed by atoms with E-state index in [1.54, 1.807) is 12.1 Å².